The van der Waals surface area contributed by atoms with Gasteiger partial charge in [-0.05, 0) is 11.1 Å². The number of thiol groups is 1. The molecule has 3 amide bonds. The predicted octanol–water partition coefficient (Wildman–Crippen LogP) is -1.02. The molecule has 0 aromatic heterocycles. The van der Waals surface area contributed by atoms with Crippen molar-refractivity contribution in [1.29, 1.82) is 0 Å². The van der Waals surface area contributed by atoms with Crippen molar-refractivity contribution in [2.45, 2.75) is 44.3 Å². The monoisotopic (exact) mass is 525 g/mol. The molecule has 13 nitrogen and oxygen atoms in total. The van der Waals surface area contributed by atoms with Crippen molar-refractivity contribution in [3.8, 4) is 0 Å². The average molecular weight is 526 g/mol. The molecule has 1 rings (SSSR count). The Bertz CT molecular complexity index is 983. The summed E-state index contributed by atoms with van der Waals surface area (Å²) in [6, 6.07) is 3.59. The molecular weight excluding hydrogens is 498 g/mol. The van der Waals surface area contributed by atoms with E-state index >= 15 is 0 Å². The quantitative estimate of drug-likeness (QED) is 0.0970. The molecule has 0 bridgehead atoms. The van der Waals surface area contributed by atoms with Crippen LogP contribution in [-0.2, 0) is 46.5 Å². The lowest BCUT2D eigenvalue weighted by atomic mass is 9.93. The van der Waals surface area contributed by atoms with Gasteiger partial charge in [0.1, 0.15) is 6.04 Å². The first-order chi connectivity index (χ1) is 17.0. The summed E-state index contributed by atoms with van der Waals surface area (Å²) in [5.41, 5.74) is 1.31. The van der Waals surface area contributed by atoms with Gasteiger partial charge in [-0.25, -0.2) is 4.79 Å². The highest BCUT2D eigenvalue weighted by Gasteiger charge is 2.32. The smallest absolute Gasteiger partial charge is 0.327 e. The van der Waals surface area contributed by atoms with Gasteiger partial charge in [0.15, 0.2) is 5.78 Å². The lowest BCUT2D eigenvalue weighted by molar-refractivity contribution is -0.145. The van der Waals surface area contributed by atoms with Crippen LogP contribution in [0.2, 0.25) is 0 Å². The standard InChI is InChI=1S/C22H27N3O10S/c26-11-23-9-13-3-1-12(2-4-13)5-18(28)24-15(8-20(31)32)17(27)6-14(7-19(29)30)21(33)25-16(10-36)22(34)35/h1-4,11,14-16,36H,5-10H2,(H,23,26)(H,24,28)(H,25,33)(H,29,30)(H,31,32)(H,34,35)/t14-,15-,16-/m1/s1. The second-order valence-corrected chi connectivity index (χ2v) is 8.12. The zero-order chi connectivity index (χ0) is 27.3. The molecule has 0 aliphatic rings. The lowest BCUT2D eigenvalue weighted by Gasteiger charge is -2.21. The first-order valence-electron chi connectivity index (χ1n) is 10.6. The third-order valence-electron chi connectivity index (χ3n) is 4.92. The van der Waals surface area contributed by atoms with Crippen LogP contribution in [0.3, 0.4) is 0 Å². The van der Waals surface area contributed by atoms with Gasteiger partial charge < -0.3 is 31.3 Å². The maximum Gasteiger partial charge on any atom is 0.327 e. The van der Waals surface area contributed by atoms with Crippen LogP contribution in [0.25, 0.3) is 0 Å². The molecule has 0 radical (unpaired) electrons. The van der Waals surface area contributed by atoms with Crippen molar-refractivity contribution in [1.82, 2.24) is 16.0 Å². The number of carbonyl (C=O) groups excluding carboxylic acids is 4. The van der Waals surface area contributed by atoms with Crippen LogP contribution in [0, 0.1) is 5.92 Å². The van der Waals surface area contributed by atoms with Gasteiger partial charge in [0.25, 0.3) is 0 Å². The van der Waals surface area contributed by atoms with Gasteiger partial charge in [-0.15, -0.1) is 0 Å². The van der Waals surface area contributed by atoms with Crippen LogP contribution in [0.15, 0.2) is 24.3 Å². The first kappa shape index (κ1) is 30.1. The Morgan fingerprint density at radius 1 is 0.833 bits per heavy atom. The van der Waals surface area contributed by atoms with Crippen molar-refractivity contribution in [2.24, 2.45) is 5.92 Å². The number of hydrogen-bond donors (Lipinski definition) is 7. The number of carboxylic acid groups (broad SMARTS) is 3. The van der Waals surface area contributed by atoms with Gasteiger partial charge >= 0.3 is 17.9 Å². The number of hydrogen-bond acceptors (Lipinski definition) is 8. The Hall–Kier alpha value is -3.94. The van der Waals surface area contributed by atoms with Crippen LogP contribution in [-0.4, -0.2) is 75.1 Å². The number of nitrogens with one attached hydrogen (secondary N) is 3. The minimum atomic E-state index is -1.55. The highest BCUT2D eigenvalue weighted by molar-refractivity contribution is 7.80. The molecule has 14 heteroatoms. The Balaban J connectivity index is 2.92. The second kappa shape index (κ2) is 15.1. The maximum atomic E-state index is 12.8. The minimum absolute atomic E-state index is 0.202. The van der Waals surface area contributed by atoms with Crippen molar-refractivity contribution < 1.29 is 48.9 Å². The van der Waals surface area contributed by atoms with Gasteiger partial charge in [0.05, 0.1) is 31.2 Å². The first-order valence-corrected chi connectivity index (χ1v) is 11.2. The van der Waals surface area contributed by atoms with E-state index < -0.39 is 72.8 Å². The molecule has 0 fully saturated rings. The van der Waals surface area contributed by atoms with E-state index in [4.69, 9.17) is 15.3 Å². The number of ketones is 1. The fourth-order valence-corrected chi connectivity index (χ4v) is 3.36. The third kappa shape index (κ3) is 11.0. The number of carbonyl (C=O) groups is 7. The van der Waals surface area contributed by atoms with E-state index in [1.807, 2.05) is 0 Å². The molecule has 196 valence electrons. The molecular formula is C22H27N3O10S. The maximum absolute atomic E-state index is 12.8. The highest BCUT2D eigenvalue weighted by Crippen LogP contribution is 2.14. The van der Waals surface area contributed by atoms with Crippen molar-refractivity contribution >= 4 is 54.5 Å². The Labute approximate surface area is 211 Å². The summed E-state index contributed by atoms with van der Waals surface area (Å²) >= 11 is 3.80. The zero-order valence-electron chi connectivity index (χ0n) is 19.0. The van der Waals surface area contributed by atoms with E-state index in [1.165, 1.54) is 0 Å². The molecule has 1 aromatic rings. The van der Waals surface area contributed by atoms with Crippen LogP contribution < -0.4 is 16.0 Å². The molecule has 6 N–H and O–H groups in total. The van der Waals surface area contributed by atoms with E-state index in [2.05, 4.69) is 28.6 Å². The molecule has 3 atom stereocenters. The van der Waals surface area contributed by atoms with E-state index in [-0.39, 0.29) is 18.7 Å². The molecule has 1 aromatic carbocycles. The Morgan fingerprint density at radius 2 is 1.42 bits per heavy atom. The number of rotatable bonds is 17. The van der Waals surface area contributed by atoms with Crippen LogP contribution in [0.5, 0.6) is 0 Å². The summed E-state index contributed by atoms with van der Waals surface area (Å²) in [4.78, 5) is 81.6. The molecule has 0 heterocycles. The largest absolute Gasteiger partial charge is 0.481 e. The lowest BCUT2D eigenvalue weighted by Crippen LogP contribution is -2.47. The number of Topliss-reactive ketones (excluding diaryl/α,β-unsaturated/α-hetero) is 1. The predicted molar refractivity (Wildman–Crippen MR) is 126 cm³/mol. The number of benzene rings is 1. The summed E-state index contributed by atoms with van der Waals surface area (Å²) in [5, 5.41) is 34.2. The van der Waals surface area contributed by atoms with Crippen LogP contribution in [0.4, 0.5) is 0 Å². The average Bonchev–Trinajstić information content (AvgIpc) is 2.80. The zero-order valence-corrected chi connectivity index (χ0v) is 19.9. The van der Waals surface area contributed by atoms with Crippen molar-refractivity contribution in [3.05, 3.63) is 35.4 Å². The highest BCUT2D eigenvalue weighted by atomic mass is 32.1. The Kier molecular flexibility index (Phi) is 12.7. The fourth-order valence-electron chi connectivity index (χ4n) is 3.11. The van der Waals surface area contributed by atoms with Crippen molar-refractivity contribution in [3.63, 3.8) is 0 Å². The van der Waals surface area contributed by atoms with Gasteiger partial charge in [-0.1, -0.05) is 24.3 Å². The molecule has 0 aliphatic carbocycles. The van der Waals surface area contributed by atoms with Gasteiger partial charge in [0.2, 0.25) is 18.2 Å². The summed E-state index contributed by atoms with van der Waals surface area (Å²) in [6.07, 6.45) is -2.04. The normalized spacial score (nSPS) is 12.9. The number of amides is 3. The SMILES string of the molecule is O=CNCc1ccc(CC(=O)N[C@H](CC(=O)O)C(=O)C[C@H](CC(=O)O)C(=O)N[C@H](CS)C(=O)O)cc1. The fraction of sp³-hybridized carbons (Fsp3) is 0.409. The minimum Gasteiger partial charge on any atom is -0.481 e. The Morgan fingerprint density at radius 3 is 1.92 bits per heavy atom. The number of aliphatic carboxylic acids is 3. The molecule has 0 spiro atoms. The molecule has 36 heavy (non-hydrogen) atoms. The van der Waals surface area contributed by atoms with E-state index in [9.17, 15) is 33.6 Å². The van der Waals surface area contributed by atoms with E-state index in [0.29, 0.717) is 12.0 Å². The summed E-state index contributed by atoms with van der Waals surface area (Å²) < 4.78 is 0. The summed E-state index contributed by atoms with van der Waals surface area (Å²) in [6.45, 7) is 0.289. The molecule has 0 unspecified atom stereocenters. The van der Waals surface area contributed by atoms with E-state index in [1.54, 1.807) is 24.3 Å². The molecule has 0 saturated carbocycles. The van der Waals surface area contributed by atoms with Gasteiger partial charge in [0, 0.05) is 18.7 Å². The third-order valence-corrected chi connectivity index (χ3v) is 5.28. The van der Waals surface area contributed by atoms with Crippen molar-refractivity contribution in [2.75, 3.05) is 5.75 Å². The second-order valence-electron chi connectivity index (χ2n) is 7.76. The molecule has 0 aliphatic heterocycles. The van der Waals surface area contributed by atoms with Crippen LogP contribution >= 0.6 is 12.6 Å². The summed E-state index contributed by atoms with van der Waals surface area (Å²) in [7, 11) is 0. The van der Waals surface area contributed by atoms with Gasteiger partial charge in [-0.3, -0.25) is 28.8 Å². The summed E-state index contributed by atoms with van der Waals surface area (Å²) in [5.74, 6) is -8.68. The number of carboxylic acids is 3. The molecule has 0 saturated heterocycles. The van der Waals surface area contributed by atoms with Gasteiger partial charge in [-0.2, -0.15) is 12.6 Å². The van der Waals surface area contributed by atoms with E-state index in [0.717, 1.165) is 5.56 Å². The topological polar surface area (TPSA) is 216 Å². The van der Waals surface area contributed by atoms with Crippen LogP contribution in [0.1, 0.15) is 30.4 Å².